The predicted molar refractivity (Wildman–Crippen MR) is 142 cm³/mol. The number of H-pyrrole nitrogens is 1. The van der Waals surface area contributed by atoms with E-state index in [9.17, 15) is 0 Å². The molecule has 3 aliphatic rings. The molecule has 35 heavy (non-hydrogen) atoms. The van der Waals surface area contributed by atoms with E-state index in [1.807, 2.05) is 23.7 Å². The Morgan fingerprint density at radius 2 is 2.00 bits per heavy atom. The minimum Gasteiger partial charge on any atom is -0.345 e. The first-order chi connectivity index (χ1) is 17.2. The molecule has 0 radical (unpaired) electrons. The third-order valence-electron chi connectivity index (χ3n) is 6.38. The zero-order valence-electron chi connectivity index (χ0n) is 19.5. The van der Waals surface area contributed by atoms with Gasteiger partial charge >= 0.3 is 0 Å². The molecule has 6 rings (SSSR count). The van der Waals surface area contributed by atoms with Gasteiger partial charge in [0.15, 0.2) is 5.82 Å². The summed E-state index contributed by atoms with van der Waals surface area (Å²) in [5.41, 5.74) is 4.89. The monoisotopic (exact) mass is 488 g/mol. The quantitative estimate of drug-likeness (QED) is 0.447. The Morgan fingerprint density at radius 1 is 1.09 bits per heavy atom. The van der Waals surface area contributed by atoms with Crippen LogP contribution in [-0.4, -0.2) is 76.4 Å². The van der Waals surface area contributed by atoms with Gasteiger partial charge in [-0.3, -0.25) is 10.4 Å². The molecule has 0 amide bonds. The molecule has 2 atom stereocenters. The van der Waals surface area contributed by atoms with Crippen molar-refractivity contribution in [2.75, 3.05) is 43.9 Å². The van der Waals surface area contributed by atoms with Crippen LogP contribution in [0.5, 0.6) is 0 Å². The van der Waals surface area contributed by atoms with Gasteiger partial charge in [-0.2, -0.15) is 5.10 Å². The Bertz CT molecular complexity index is 1310. The molecule has 2 aliphatic heterocycles. The number of aliphatic imine (C=N–C) groups is 2. The fourth-order valence-corrected chi connectivity index (χ4v) is 5.08. The number of piperazine rings is 1. The number of benzene rings is 1. The van der Waals surface area contributed by atoms with Crippen molar-refractivity contribution in [3.8, 4) is 0 Å². The fraction of sp³-hybridized carbons (Fsp3) is 0.333. The van der Waals surface area contributed by atoms with Crippen molar-refractivity contribution < 1.29 is 0 Å². The second kappa shape index (κ2) is 9.51. The standard InChI is InChI=1S/C24H28N10S/c1-33-9-11-34(12-10-33)24-29-22(26-17-7-8-18-20(13-17)35-15-25-18)28-23(30-24)27-21-14-19(31-32-21)16-5-3-2-4-6-16/h2-5,7-8,13-16,22,26H,6,9-12H2,1H3,(H3,27,28,29,30,31,32). The molecule has 11 heteroatoms. The van der Waals surface area contributed by atoms with Crippen molar-refractivity contribution in [2.24, 2.45) is 9.98 Å². The summed E-state index contributed by atoms with van der Waals surface area (Å²) in [6, 6.07) is 8.17. The Labute approximate surface area is 207 Å². The van der Waals surface area contributed by atoms with E-state index in [0.717, 1.165) is 66.0 Å². The molecule has 0 spiro atoms. The highest BCUT2D eigenvalue weighted by molar-refractivity contribution is 7.16. The Morgan fingerprint density at radius 3 is 2.86 bits per heavy atom. The highest BCUT2D eigenvalue weighted by Crippen LogP contribution is 2.25. The first-order valence-electron chi connectivity index (χ1n) is 11.8. The lowest BCUT2D eigenvalue weighted by molar-refractivity contribution is 0.212. The number of aromatic amines is 1. The van der Waals surface area contributed by atoms with E-state index >= 15 is 0 Å². The Kier molecular flexibility index (Phi) is 5.93. The van der Waals surface area contributed by atoms with Crippen molar-refractivity contribution >= 4 is 45.0 Å². The van der Waals surface area contributed by atoms with E-state index in [0.29, 0.717) is 11.9 Å². The highest BCUT2D eigenvalue weighted by atomic mass is 32.1. The third kappa shape index (κ3) is 4.91. The van der Waals surface area contributed by atoms with Gasteiger partial charge in [-0.05, 0) is 31.7 Å². The molecule has 3 aromatic rings. The van der Waals surface area contributed by atoms with E-state index < -0.39 is 6.29 Å². The van der Waals surface area contributed by atoms with Crippen LogP contribution in [0.15, 0.2) is 64.1 Å². The maximum absolute atomic E-state index is 4.88. The topological polar surface area (TPSA) is 109 Å². The summed E-state index contributed by atoms with van der Waals surface area (Å²) in [7, 11) is 2.15. The lowest BCUT2D eigenvalue weighted by Gasteiger charge is -2.36. The Balaban J connectivity index is 1.22. The second-order valence-corrected chi connectivity index (χ2v) is 9.77. The van der Waals surface area contributed by atoms with Gasteiger partial charge < -0.3 is 20.4 Å². The molecule has 4 heterocycles. The van der Waals surface area contributed by atoms with E-state index in [-0.39, 0.29) is 0 Å². The molecule has 10 nitrogen and oxygen atoms in total. The van der Waals surface area contributed by atoms with Crippen LogP contribution in [0.25, 0.3) is 10.2 Å². The highest BCUT2D eigenvalue weighted by Gasteiger charge is 2.24. The SMILES string of the molecule is CN1CCN(C2=NC(Nc3ccc4ncsc4c3)N=C(Nc3cc(C4C=CC=CC4)[nH]n3)N2)CC1. The summed E-state index contributed by atoms with van der Waals surface area (Å²) in [5.74, 6) is 2.45. The van der Waals surface area contributed by atoms with Crippen molar-refractivity contribution in [1.82, 2.24) is 30.3 Å². The summed E-state index contributed by atoms with van der Waals surface area (Å²) in [4.78, 5) is 18.6. The summed E-state index contributed by atoms with van der Waals surface area (Å²) in [6.45, 7) is 3.80. The lowest BCUT2D eigenvalue weighted by atomic mass is 9.98. The average Bonchev–Trinajstić information content (AvgIpc) is 3.54. The number of hydrogen-bond donors (Lipinski definition) is 4. The Hall–Kier alpha value is -3.70. The number of likely N-dealkylation sites (N-methyl/N-ethyl adjacent to an activating group) is 1. The molecule has 1 saturated heterocycles. The molecule has 1 aliphatic carbocycles. The van der Waals surface area contributed by atoms with Crippen molar-refractivity contribution in [1.29, 1.82) is 0 Å². The van der Waals surface area contributed by atoms with Crippen LogP contribution in [0, 0.1) is 0 Å². The number of allylic oxidation sites excluding steroid dienone is 4. The molecule has 180 valence electrons. The molecule has 2 unspecified atom stereocenters. The summed E-state index contributed by atoms with van der Waals surface area (Å²) in [5, 5.41) is 17.8. The van der Waals surface area contributed by atoms with Gasteiger partial charge in [-0.15, -0.1) is 11.3 Å². The number of guanidine groups is 2. The van der Waals surface area contributed by atoms with Gasteiger partial charge in [0.2, 0.25) is 18.2 Å². The van der Waals surface area contributed by atoms with Gasteiger partial charge in [-0.1, -0.05) is 24.3 Å². The first-order valence-corrected chi connectivity index (χ1v) is 12.7. The number of nitrogens with zero attached hydrogens (tertiary/aromatic N) is 6. The van der Waals surface area contributed by atoms with Crippen molar-refractivity contribution in [2.45, 2.75) is 18.6 Å². The maximum Gasteiger partial charge on any atom is 0.221 e. The summed E-state index contributed by atoms with van der Waals surface area (Å²) < 4.78 is 1.13. The van der Waals surface area contributed by atoms with Crippen LogP contribution in [0.4, 0.5) is 11.5 Å². The van der Waals surface area contributed by atoms with Gasteiger partial charge in [0.25, 0.3) is 0 Å². The number of rotatable bonds is 4. The molecule has 1 aromatic carbocycles. The first kappa shape index (κ1) is 21.8. The van der Waals surface area contributed by atoms with Crippen LogP contribution in [-0.2, 0) is 0 Å². The number of nitrogens with one attached hydrogen (secondary N) is 4. The summed E-state index contributed by atoms with van der Waals surface area (Å²) in [6.07, 6.45) is 9.01. The average molecular weight is 489 g/mol. The fourth-order valence-electron chi connectivity index (χ4n) is 4.36. The zero-order valence-corrected chi connectivity index (χ0v) is 20.3. The largest absolute Gasteiger partial charge is 0.345 e. The van der Waals surface area contributed by atoms with E-state index in [2.05, 4.69) is 78.3 Å². The summed E-state index contributed by atoms with van der Waals surface area (Å²) >= 11 is 1.62. The lowest BCUT2D eigenvalue weighted by Crippen LogP contribution is -2.55. The van der Waals surface area contributed by atoms with Gasteiger partial charge in [0, 0.05) is 49.5 Å². The maximum atomic E-state index is 4.88. The van der Waals surface area contributed by atoms with Crippen LogP contribution >= 0.6 is 11.3 Å². The normalized spacial score (nSPS) is 22.6. The molecular formula is C24H28N10S. The van der Waals surface area contributed by atoms with E-state index in [4.69, 9.17) is 9.98 Å². The van der Waals surface area contributed by atoms with Gasteiger partial charge in [0.1, 0.15) is 0 Å². The smallest absolute Gasteiger partial charge is 0.221 e. The molecular weight excluding hydrogens is 460 g/mol. The minimum absolute atomic E-state index is 0.308. The van der Waals surface area contributed by atoms with E-state index in [1.54, 1.807) is 11.3 Å². The molecule has 0 saturated carbocycles. The number of anilines is 2. The van der Waals surface area contributed by atoms with Gasteiger partial charge in [0.05, 0.1) is 15.7 Å². The molecule has 2 aromatic heterocycles. The zero-order chi connectivity index (χ0) is 23.6. The number of hydrogen-bond acceptors (Lipinski definition) is 10. The third-order valence-corrected chi connectivity index (χ3v) is 7.17. The predicted octanol–water partition coefficient (Wildman–Crippen LogP) is 2.99. The number of fused-ring (bicyclic) bond motifs is 1. The number of thiazole rings is 1. The van der Waals surface area contributed by atoms with Crippen molar-refractivity contribution in [3.05, 3.63) is 59.8 Å². The molecule has 0 bridgehead atoms. The van der Waals surface area contributed by atoms with Gasteiger partial charge in [-0.25, -0.2) is 15.0 Å². The molecule has 1 fully saturated rings. The molecule has 4 N–H and O–H groups in total. The van der Waals surface area contributed by atoms with Crippen molar-refractivity contribution in [3.63, 3.8) is 0 Å². The van der Waals surface area contributed by atoms with E-state index in [1.165, 1.54) is 0 Å². The second-order valence-electron chi connectivity index (χ2n) is 8.89. The number of aromatic nitrogens is 3. The van der Waals surface area contributed by atoms with Crippen LogP contribution in [0.1, 0.15) is 18.0 Å². The minimum atomic E-state index is -0.469. The van der Waals surface area contributed by atoms with Crippen LogP contribution in [0.3, 0.4) is 0 Å². The van der Waals surface area contributed by atoms with Crippen LogP contribution in [0.2, 0.25) is 0 Å². The van der Waals surface area contributed by atoms with Crippen LogP contribution < -0.4 is 16.0 Å².